The van der Waals surface area contributed by atoms with Crippen LogP contribution in [0.2, 0.25) is 10.0 Å². The van der Waals surface area contributed by atoms with Gasteiger partial charge < -0.3 is 20.4 Å². The van der Waals surface area contributed by atoms with Crippen LogP contribution in [0.25, 0.3) is 10.9 Å². The van der Waals surface area contributed by atoms with Crippen molar-refractivity contribution in [3.05, 3.63) is 27.9 Å². The van der Waals surface area contributed by atoms with Gasteiger partial charge in [-0.05, 0) is 48.6 Å². The SMILES string of the molecule is CC(C)(C)C(CCCC(=O)N1CCC(CN2Cc3cc(Cl)c4c(Cl)c[nH]c4c3NS2(=O)=O)CC1)OC(N)=O. The fourth-order valence-electron chi connectivity index (χ4n) is 5.22. The zero-order valence-corrected chi connectivity index (χ0v) is 24.2. The minimum Gasteiger partial charge on any atom is -0.446 e. The number of aromatic nitrogens is 1. The molecule has 1 aromatic heterocycles. The molecule has 3 heterocycles. The van der Waals surface area contributed by atoms with E-state index in [-0.39, 0.29) is 29.9 Å². The van der Waals surface area contributed by atoms with E-state index in [2.05, 4.69) is 9.71 Å². The Morgan fingerprint density at radius 3 is 2.53 bits per heavy atom. The van der Waals surface area contributed by atoms with Gasteiger partial charge in [-0.3, -0.25) is 9.52 Å². The highest BCUT2D eigenvalue weighted by Gasteiger charge is 2.35. The molecule has 13 heteroatoms. The smallest absolute Gasteiger partial charge is 0.404 e. The molecule has 4 N–H and O–H groups in total. The number of fused-ring (bicyclic) bond motifs is 3. The lowest BCUT2D eigenvalue weighted by molar-refractivity contribution is -0.132. The third kappa shape index (κ3) is 6.32. The Bertz CT molecular complexity index is 1320. The number of aromatic amines is 1. The highest BCUT2D eigenvalue weighted by atomic mass is 35.5. The van der Waals surface area contributed by atoms with Crippen molar-refractivity contribution in [1.29, 1.82) is 0 Å². The van der Waals surface area contributed by atoms with Crippen LogP contribution in [-0.2, 0) is 26.3 Å². The molecule has 10 nitrogen and oxygen atoms in total. The Balaban J connectivity index is 1.30. The van der Waals surface area contributed by atoms with Gasteiger partial charge in [-0.1, -0.05) is 44.0 Å². The van der Waals surface area contributed by atoms with E-state index >= 15 is 0 Å². The molecule has 1 saturated heterocycles. The average Bonchev–Trinajstić information content (AvgIpc) is 3.21. The molecule has 38 heavy (non-hydrogen) atoms. The van der Waals surface area contributed by atoms with Crippen LogP contribution in [0.1, 0.15) is 58.4 Å². The monoisotopic (exact) mass is 587 g/mol. The number of rotatable bonds is 7. The number of nitrogens with zero attached hydrogens (tertiary/aromatic N) is 2. The first kappa shape index (κ1) is 28.8. The number of nitrogens with one attached hydrogen (secondary N) is 2. The Morgan fingerprint density at radius 1 is 1.21 bits per heavy atom. The number of piperidine rings is 1. The van der Waals surface area contributed by atoms with Gasteiger partial charge in [0.1, 0.15) is 6.10 Å². The highest BCUT2D eigenvalue weighted by Crippen LogP contribution is 2.40. The van der Waals surface area contributed by atoms with E-state index in [0.717, 1.165) is 5.56 Å². The van der Waals surface area contributed by atoms with Gasteiger partial charge in [0, 0.05) is 44.2 Å². The van der Waals surface area contributed by atoms with Crippen LogP contribution in [0.4, 0.5) is 10.5 Å². The lowest BCUT2D eigenvalue weighted by Crippen LogP contribution is -2.45. The van der Waals surface area contributed by atoms with Gasteiger partial charge in [0.2, 0.25) is 5.91 Å². The molecule has 2 aliphatic heterocycles. The summed E-state index contributed by atoms with van der Waals surface area (Å²) in [6.07, 6.45) is 3.36. The molecule has 0 saturated carbocycles. The van der Waals surface area contributed by atoms with Gasteiger partial charge in [0.05, 0.1) is 21.2 Å². The molecule has 0 radical (unpaired) electrons. The zero-order valence-electron chi connectivity index (χ0n) is 21.9. The molecule has 2 amide bonds. The number of halogens is 2. The van der Waals surface area contributed by atoms with Crippen LogP contribution < -0.4 is 10.5 Å². The van der Waals surface area contributed by atoms with Crippen molar-refractivity contribution in [3.8, 4) is 0 Å². The lowest BCUT2D eigenvalue weighted by Gasteiger charge is -2.36. The van der Waals surface area contributed by atoms with Crippen molar-refractivity contribution in [2.24, 2.45) is 17.1 Å². The summed E-state index contributed by atoms with van der Waals surface area (Å²) in [5, 5.41) is 1.49. The molecule has 1 aromatic carbocycles. The largest absolute Gasteiger partial charge is 0.446 e. The number of hydrogen-bond donors (Lipinski definition) is 3. The lowest BCUT2D eigenvalue weighted by atomic mass is 9.86. The molecule has 2 aromatic rings. The number of carbonyl (C=O) groups excluding carboxylic acids is 2. The first-order valence-corrected chi connectivity index (χ1v) is 15.0. The van der Waals surface area contributed by atoms with Crippen LogP contribution in [0.3, 0.4) is 0 Å². The fourth-order valence-corrected chi connectivity index (χ4v) is 7.18. The Hall–Kier alpha value is -2.21. The molecular formula is C25H35Cl2N5O5S. The summed E-state index contributed by atoms with van der Waals surface area (Å²) in [4.78, 5) is 28.8. The molecule has 1 unspecified atom stereocenters. The van der Waals surface area contributed by atoms with Crippen LogP contribution >= 0.6 is 23.2 Å². The van der Waals surface area contributed by atoms with Gasteiger partial charge in [0.25, 0.3) is 0 Å². The predicted molar refractivity (Wildman–Crippen MR) is 148 cm³/mol. The second-order valence-corrected chi connectivity index (χ2v) is 13.7. The predicted octanol–water partition coefficient (Wildman–Crippen LogP) is 4.87. The molecule has 2 aliphatic rings. The quantitative estimate of drug-likeness (QED) is 0.424. The molecule has 1 atom stereocenters. The van der Waals surface area contributed by atoms with E-state index in [0.29, 0.717) is 78.4 Å². The molecule has 0 aliphatic carbocycles. The number of carbonyl (C=O) groups is 2. The number of H-pyrrole nitrogens is 1. The van der Waals surface area contributed by atoms with Gasteiger partial charge >= 0.3 is 16.3 Å². The number of amides is 2. The van der Waals surface area contributed by atoms with E-state index in [1.165, 1.54) is 4.31 Å². The summed E-state index contributed by atoms with van der Waals surface area (Å²) in [6, 6.07) is 1.76. The molecule has 210 valence electrons. The topological polar surface area (TPSA) is 138 Å². The maximum Gasteiger partial charge on any atom is 0.404 e. The summed E-state index contributed by atoms with van der Waals surface area (Å²) in [5.74, 6) is 0.185. The number of ether oxygens (including phenoxy) is 1. The molecule has 0 spiro atoms. The number of likely N-dealkylation sites (tertiary alicyclic amines) is 1. The van der Waals surface area contributed by atoms with E-state index in [9.17, 15) is 18.0 Å². The van der Waals surface area contributed by atoms with E-state index in [1.54, 1.807) is 12.3 Å². The second kappa shape index (κ2) is 11.1. The summed E-state index contributed by atoms with van der Waals surface area (Å²) < 4.78 is 35.5. The van der Waals surface area contributed by atoms with Crippen molar-refractivity contribution >= 4 is 62.0 Å². The Morgan fingerprint density at radius 2 is 1.89 bits per heavy atom. The number of anilines is 1. The third-order valence-corrected chi connectivity index (χ3v) is 9.39. The first-order chi connectivity index (χ1) is 17.8. The summed E-state index contributed by atoms with van der Waals surface area (Å²) >= 11 is 12.6. The molecule has 4 rings (SSSR count). The van der Waals surface area contributed by atoms with Crippen molar-refractivity contribution in [3.63, 3.8) is 0 Å². The third-order valence-electron chi connectivity index (χ3n) is 7.37. The fraction of sp³-hybridized carbons (Fsp3) is 0.600. The highest BCUT2D eigenvalue weighted by molar-refractivity contribution is 7.90. The number of nitrogens with two attached hydrogens (primary N) is 1. The van der Waals surface area contributed by atoms with Gasteiger partial charge in [-0.2, -0.15) is 12.7 Å². The zero-order chi connectivity index (χ0) is 27.8. The Kier molecular flexibility index (Phi) is 8.42. The van der Waals surface area contributed by atoms with Crippen LogP contribution in [0, 0.1) is 11.3 Å². The minimum atomic E-state index is -3.75. The maximum absolute atomic E-state index is 13.1. The summed E-state index contributed by atoms with van der Waals surface area (Å²) in [6.45, 7) is 7.62. The van der Waals surface area contributed by atoms with E-state index in [1.807, 2.05) is 25.7 Å². The molecule has 0 bridgehead atoms. The average molecular weight is 589 g/mol. The van der Waals surface area contributed by atoms with E-state index in [4.69, 9.17) is 33.7 Å². The van der Waals surface area contributed by atoms with Crippen molar-refractivity contribution in [1.82, 2.24) is 14.2 Å². The van der Waals surface area contributed by atoms with Crippen LogP contribution in [0.15, 0.2) is 12.3 Å². The molecule has 1 fully saturated rings. The number of hydrogen-bond acceptors (Lipinski definition) is 5. The number of benzene rings is 1. The summed E-state index contributed by atoms with van der Waals surface area (Å²) in [7, 11) is -3.75. The van der Waals surface area contributed by atoms with Crippen LogP contribution in [0.5, 0.6) is 0 Å². The molecular weight excluding hydrogens is 553 g/mol. The second-order valence-electron chi connectivity index (χ2n) is 11.2. The van der Waals surface area contributed by atoms with Gasteiger partial charge in [-0.25, -0.2) is 4.79 Å². The van der Waals surface area contributed by atoms with E-state index < -0.39 is 16.3 Å². The first-order valence-electron chi connectivity index (χ1n) is 12.8. The van der Waals surface area contributed by atoms with Gasteiger partial charge in [0.15, 0.2) is 0 Å². The summed E-state index contributed by atoms with van der Waals surface area (Å²) in [5.41, 5.74) is 6.75. The van der Waals surface area contributed by atoms with Gasteiger partial charge in [-0.15, -0.1) is 0 Å². The normalized spacial score (nSPS) is 19.1. The van der Waals surface area contributed by atoms with Crippen LogP contribution in [-0.4, -0.2) is 60.3 Å². The number of primary amides is 1. The van der Waals surface area contributed by atoms with Crippen molar-refractivity contribution in [2.75, 3.05) is 24.4 Å². The van der Waals surface area contributed by atoms with Crippen molar-refractivity contribution in [2.45, 2.75) is 65.5 Å². The maximum atomic E-state index is 13.1. The van der Waals surface area contributed by atoms with Crippen molar-refractivity contribution < 1.29 is 22.7 Å². The minimum absolute atomic E-state index is 0.0552. The Labute approximate surface area is 233 Å². The standard InChI is InChI=1S/C25H35Cl2N5O5S/c1-25(2,3)19(37-24(28)34)5-4-6-20(33)31-9-7-15(8-10-31)13-32-14-16-11-17(26)21-18(27)12-29-23(21)22(16)30-38(32,35)36/h11-12,15,19,29-30H,4-10,13-14H2,1-3H3,(H2,28,34).